The molecule has 2 N–H and O–H groups in total. The van der Waals surface area contributed by atoms with Crippen molar-refractivity contribution < 1.29 is 4.79 Å². The van der Waals surface area contributed by atoms with Crippen LogP contribution in [0.3, 0.4) is 0 Å². The number of rotatable bonds is 5. The van der Waals surface area contributed by atoms with Crippen LogP contribution in [-0.2, 0) is 4.79 Å². The first kappa shape index (κ1) is 17.2. The highest BCUT2D eigenvalue weighted by Gasteiger charge is 2.11. The van der Waals surface area contributed by atoms with E-state index in [1.165, 1.54) is 11.8 Å². The maximum atomic E-state index is 12.2. The molecule has 0 aliphatic carbocycles. The molecule has 1 aromatic heterocycles. The maximum Gasteiger partial charge on any atom is 0.234 e. The number of hydrogen-bond acceptors (Lipinski definition) is 4. The molecule has 0 saturated heterocycles. The lowest BCUT2D eigenvalue weighted by molar-refractivity contribution is -0.113. The predicted octanol–water partition coefficient (Wildman–Crippen LogP) is 4.13. The van der Waals surface area contributed by atoms with Gasteiger partial charge in [-0.2, -0.15) is 0 Å². The number of nitrogens with one attached hydrogen (secondary N) is 2. The van der Waals surface area contributed by atoms with Gasteiger partial charge >= 0.3 is 0 Å². The van der Waals surface area contributed by atoms with Crippen molar-refractivity contribution in [2.75, 3.05) is 11.1 Å². The number of aryl methyl sites for hydroxylation is 3. The standard InChI is InChI=1S/C19H20N4OS/c1-12-7-4-5-10-15(12)18-21-19(23-22-18)25-11-16(24)20-17-13(2)8-6-9-14(17)3/h4-10H,11H2,1-3H3,(H,20,24)(H,21,22,23). The van der Waals surface area contributed by atoms with Crippen LogP contribution in [0.1, 0.15) is 16.7 Å². The zero-order valence-electron chi connectivity index (χ0n) is 14.5. The number of benzene rings is 2. The van der Waals surface area contributed by atoms with Crippen molar-refractivity contribution in [1.82, 2.24) is 15.2 Å². The van der Waals surface area contributed by atoms with E-state index in [1.807, 2.05) is 63.2 Å². The van der Waals surface area contributed by atoms with Crippen LogP contribution < -0.4 is 5.32 Å². The third kappa shape index (κ3) is 4.09. The molecule has 0 bridgehead atoms. The van der Waals surface area contributed by atoms with Crippen molar-refractivity contribution in [3.05, 3.63) is 59.2 Å². The summed E-state index contributed by atoms with van der Waals surface area (Å²) in [7, 11) is 0. The highest BCUT2D eigenvalue weighted by molar-refractivity contribution is 7.99. The highest BCUT2D eigenvalue weighted by Crippen LogP contribution is 2.23. The van der Waals surface area contributed by atoms with Crippen molar-refractivity contribution >= 4 is 23.4 Å². The molecule has 0 saturated carbocycles. The first-order valence-corrected chi connectivity index (χ1v) is 9.00. The fourth-order valence-corrected chi connectivity index (χ4v) is 3.19. The van der Waals surface area contributed by atoms with E-state index in [9.17, 15) is 4.79 Å². The van der Waals surface area contributed by atoms with Crippen LogP contribution in [0, 0.1) is 20.8 Å². The lowest BCUT2D eigenvalue weighted by Gasteiger charge is -2.10. The number of amides is 1. The normalized spacial score (nSPS) is 10.7. The van der Waals surface area contributed by atoms with Gasteiger partial charge in [0.2, 0.25) is 11.1 Å². The Balaban J connectivity index is 1.63. The minimum Gasteiger partial charge on any atom is -0.325 e. The first-order valence-electron chi connectivity index (χ1n) is 8.02. The van der Waals surface area contributed by atoms with Gasteiger partial charge in [-0.25, -0.2) is 4.98 Å². The quantitative estimate of drug-likeness (QED) is 0.678. The summed E-state index contributed by atoms with van der Waals surface area (Å²) >= 11 is 1.32. The SMILES string of the molecule is Cc1ccccc1-c1nc(SCC(=O)Nc2c(C)cccc2C)n[nH]1. The topological polar surface area (TPSA) is 70.7 Å². The van der Waals surface area contributed by atoms with Gasteiger partial charge in [0.1, 0.15) is 0 Å². The molecule has 1 heterocycles. The second kappa shape index (κ2) is 7.53. The summed E-state index contributed by atoms with van der Waals surface area (Å²) in [6.45, 7) is 6.00. The van der Waals surface area contributed by atoms with Gasteiger partial charge < -0.3 is 5.32 Å². The monoisotopic (exact) mass is 352 g/mol. The van der Waals surface area contributed by atoms with Gasteiger partial charge in [0.15, 0.2) is 5.82 Å². The summed E-state index contributed by atoms with van der Waals surface area (Å²) in [5.41, 5.74) is 5.13. The number of nitrogens with zero attached hydrogens (tertiary/aromatic N) is 2. The first-order chi connectivity index (χ1) is 12.0. The Morgan fingerprint density at radius 2 is 1.72 bits per heavy atom. The Labute approximate surface area is 151 Å². The summed E-state index contributed by atoms with van der Waals surface area (Å²) in [6.07, 6.45) is 0. The number of para-hydroxylation sites is 1. The van der Waals surface area contributed by atoms with E-state index in [-0.39, 0.29) is 11.7 Å². The van der Waals surface area contributed by atoms with Gasteiger partial charge in [-0.05, 0) is 37.5 Å². The lowest BCUT2D eigenvalue weighted by atomic mass is 10.1. The molecule has 2 aromatic carbocycles. The Hall–Kier alpha value is -2.60. The fraction of sp³-hybridized carbons (Fsp3) is 0.211. The van der Waals surface area contributed by atoms with Crippen molar-refractivity contribution in [3.8, 4) is 11.4 Å². The van der Waals surface area contributed by atoms with Crippen molar-refractivity contribution in [3.63, 3.8) is 0 Å². The Bertz CT molecular complexity index is 884. The molecule has 128 valence electrons. The molecule has 0 aliphatic heterocycles. The van der Waals surface area contributed by atoms with E-state index in [0.717, 1.165) is 33.8 Å². The molecule has 25 heavy (non-hydrogen) atoms. The molecule has 5 nitrogen and oxygen atoms in total. The molecule has 0 radical (unpaired) electrons. The largest absolute Gasteiger partial charge is 0.325 e. The van der Waals surface area contributed by atoms with Crippen LogP contribution >= 0.6 is 11.8 Å². The van der Waals surface area contributed by atoms with E-state index < -0.39 is 0 Å². The molecule has 3 rings (SSSR count). The van der Waals surface area contributed by atoms with Crippen molar-refractivity contribution in [2.45, 2.75) is 25.9 Å². The van der Waals surface area contributed by atoms with Gasteiger partial charge in [0, 0.05) is 11.3 Å². The number of carbonyl (C=O) groups is 1. The third-order valence-corrected chi connectivity index (χ3v) is 4.79. The number of hydrogen-bond donors (Lipinski definition) is 2. The second-order valence-corrected chi connectivity index (χ2v) is 6.83. The average molecular weight is 352 g/mol. The number of aromatic amines is 1. The minimum atomic E-state index is -0.0651. The predicted molar refractivity (Wildman–Crippen MR) is 102 cm³/mol. The van der Waals surface area contributed by atoms with E-state index in [0.29, 0.717) is 5.16 Å². The molecule has 0 aliphatic rings. The van der Waals surface area contributed by atoms with Gasteiger partial charge in [0.05, 0.1) is 5.75 Å². The molecule has 0 spiro atoms. The Morgan fingerprint density at radius 3 is 2.44 bits per heavy atom. The van der Waals surface area contributed by atoms with Crippen LogP contribution in [0.15, 0.2) is 47.6 Å². The summed E-state index contributed by atoms with van der Waals surface area (Å²) in [4.78, 5) is 16.7. The smallest absolute Gasteiger partial charge is 0.234 e. The number of carbonyl (C=O) groups excluding carboxylic acids is 1. The van der Waals surface area contributed by atoms with Gasteiger partial charge in [-0.3, -0.25) is 9.89 Å². The zero-order valence-corrected chi connectivity index (χ0v) is 15.3. The van der Waals surface area contributed by atoms with Crippen LogP contribution in [0.25, 0.3) is 11.4 Å². The Morgan fingerprint density at radius 1 is 1.04 bits per heavy atom. The highest BCUT2D eigenvalue weighted by atomic mass is 32.2. The number of anilines is 1. The van der Waals surface area contributed by atoms with Crippen molar-refractivity contribution in [2.24, 2.45) is 0 Å². The van der Waals surface area contributed by atoms with Crippen molar-refractivity contribution in [1.29, 1.82) is 0 Å². The van der Waals surface area contributed by atoms with Crippen LogP contribution in [-0.4, -0.2) is 26.8 Å². The molecule has 6 heteroatoms. The van der Waals surface area contributed by atoms with Gasteiger partial charge in [-0.1, -0.05) is 54.2 Å². The maximum absolute atomic E-state index is 12.2. The zero-order chi connectivity index (χ0) is 17.8. The summed E-state index contributed by atoms with van der Waals surface area (Å²) < 4.78 is 0. The summed E-state index contributed by atoms with van der Waals surface area (Å²) in [6, 6.07) is 13.9. The van der Waals surface area contributed by atoms with Gasteiger partial charge in [0.25, 0.3) is 0 Å². The molecular formula is C19H20N4OS. The van der Waals surface area contributed by atoms with E-state index >= 15 is 0 Å². The number of aromatic nitrogens is 3. The van der Waals surface area contributed by atoms with Crippen LogP contribution in [0.2, 0.25) is 0 Å². The summed E-state index contributed by atoms with van der Waals surface area (Å²) in [5.74, 6) is 0.916. The number of H-pyrrole nitrogens is 1. The molecule has 1 amide bonds. The van der Waals surface area contributed by atoms with Crippen LogP contribution in [0.5, 0.6) is 0 Å². The molecule has 0 unspecified atom stereocenters. The van der Waals surface area contributed by atoms with E-state index in [2.05, 4.69) is 20.5 Å². The lowest BCUT2D eigenvalue weighted by Crippen LogP contribution is -2.15. The molecule has 3 aromatic rings. The molecule has 0 atom stereocenters. The summed E-state index contributed by atoms with van der Waals surface area (Å²) in [5, 5.41) is 10.7. The minimum absolute atomic E-state index is 0.0651. The van der Waals surface area contributed by atoms with Gasteiger partial charge in [-0.15, -0.1) is 5.10 Å². The molecular weight excluding hydrogens is 332 g/mol. The second-order valence-electron chi connectivity index (χ2n) is 5.89. The molecule has 0 fully saturated rings. The number of thioether (sulfide) groups is 1. The average Bonchev–Trinajstić information content (AvgIpc) is 3.06. The Kier molecular flexibility index (Phi) is 5.19. The van der Waals surface area contributed by atoms with E-state index in [1.54, 1.807) is 0 Å². The van der Waals surface area contributed by atoms with E-state index in [4.69, 9.17) is 0 Å². The third-order valence-electron chi connectivity index (χ3n) is 3.94. The fourth-order valence-electron chi connectivity index (χ4n) is 2.59. The van der Waals surface area contributed by atoms with Crippen LogP contribution in [0.4, 0.5) is 5.69 Å².